The third-order valence-electron chi connectivity index (χ3n) is 6.68. The smallest absolute Gasteiger partial charge is 0.199 e. The van der Waals surface area contributed by atoms with Crippen molar-refractivity contribution in [1.29, 1.82) is 0 Å². The first-order chi connectivity index (χ1) is 16.5. The van der Waals surface area contributed by atoms with E-state index >= 15 is 0 Å². The molecule has 0 spiro atoms. The minimum atomic E-state index is -0.0214. The van der Waals surface area contributed by atoms with Crippen molar-refractivity contribution in [3.8, 4) is 22.3 Å². The first-order valence-electron chi connectivity index (χ1n) is 11.5. The summed E-state index contributed by atoms with van der Waals surface area (Å²) in [6.07, 6.45) is 10.2. The molecule has 0 bridgehead atoms. The number of pyridine rings is 1. The first kappa shape index (κ1) is 19.2. The van der Waals surface area contributed by atoms with E-state index in [2.05, 4.69) is 16.3 Å². The summed E-state index contributed by atoms with van der Waals surface area (Å²) < 4.78 is 5.57. The second-order valence-corrected chi connectivity index (χ2v) is 9.26. The number of rotatable bonds is 3. The lowest BCUT2D eigenvalue weighted by molar-refractivity contribution is 0.779. The summed E-state index contributed by atoms with van der Waals surface area (Å²) in [5.74, 6) is 0.501. The van der Waals surface area contributed by atoms with E-state index in [1.165, 1.54) is 0 Å². The van der Waals surface area contributed by atoms with Crippen molar-refractivity contribution in [2.45, 2.75) is 18.8 Å². The van der Waals surface area contributed by atoms with Gasteiger partial charge in [-0.25, -0.2) is 4.98 Å². The van der Waals surface area contributed by atoms with E-state index in [0.29, 0.717) is 22.7 Å². The Hall–Kier alpha value is -4.26. The van der Waals surface area contributed by atoms with Gasteiger partial charge in [-0.2, -0.15) is 10.2 Å². The maximum absolute atomic E-state index is 14.1. The fourth-order valence-electron chi connectivity index (χ4n) is 4.86. The topological polar surface area (TPSA) is 70.0 Å². The predicted octanol–water partition coefficient (Wildman–Crippen LogP) is 4.68. The van der Waals surface area contributed by atoms with Crippen molar-refractivity contribution in [1.82, 2.24) is 28.9 Å². The van der Waals surface area contributed by atoms with E-state index in [4.69, 9.17) is 4.98 Å². The number of hydrogen-bond donors (Lipinski definition) is 0. The predicted molar refractivity (Wildman–Crippen MR) is 133 cm³/mol. The SMILES string of the molecule is Cn1cc2cc(-c3cn4ccc(C5CC5)nc4c(-c4ccc5nn(C)cc5c4)c3=O)ccc2n1. The van der Waals surface area contributed by atoms with E-state index in [1.807, 2.05) is 79.7 Å². The zero-order valence-electron chi connectivity index (χ0n) is 18.9. The molecule has 0 atom stereocenters. The fraction of sp³-hybridized carbons (Fsp3) is 0.185. The average molecular weight is 447 g/mol. The number of aryl methyl sites for hydroxylation is 2. The molecule has 1 saturated carbocycles. The van der Waals surface area contributed by atoms with E-state index in [9.17, 15) is 4.79 Å². The second kappa shape index (κ2) is 6.87. The molecule has 0 N–H and O–H groups in total. The molecule has 2 aromatic carbocycles. The maximum atomic E-state index is 14.1. The van der Waals surface area contributed by atoms with Gasteiger partial charge in [0, 0.05) is 66.8 Å². The molecule has 0 radical (unpaired) electrons. The zero-order valence-corrected chi connectivity index (χ0v) is 18.9. The van der Waals surface area contributed by atoms with Crippen molar-refractivity contribution in [2.24, 2.45) is 14.1 Å². The Balaban J connectivity index is 1.53. The van der Waals surface area contributed by atoms with Crippen LogP contribution >= 0.6 is 0 Å². The van der Waals surface area contributed by atoms with Crippen molar-refractivity contribution in [2.75, 3.05) is 0 Å². The van der Waals surface area contributed by atoms with Gasteiger partial charge in [0.1, 0.15) is 5.65 Å². The molecule has 4 aromatic heterocycles. The summed E-state index contributed by atoms with van der Waals surface area (Å²) in [6, 6.07) is 14.0. The highest BCUT2D eigenvalue weighted by molar-refractivity contribution is 5.90. The summed E-state index contributed by atoms with van der Waals surface area (Å²) >= 11 is 0. The Labute approximate surface area is 194 Å². The van der Waals surface area contributed by atoms with Crippen LogP contribution in [-0.4, -0.2) is 28.9 Å². The van der Waals surface area contributed by atoms with E-state index in [0.717, 1.165) is 51.5 Å². The van der Waals surface area contributed by atoms with Gasteiger partial charge >= 0.3 is 0 Å². The van der Waals surface area contributed by atoms with Crippen LogP contribution in [0, 0.1) is 0 Å². The number of fused-ring (bicyclic) bond motifs is 3. The molecule has 4 heterocycles. The van der Waals surface area contributed by atoms with Crippen LogP contribution in [0.25, 0.3) is 49.7 Å². The summed E-state index contributed by atoms with van der Waals surface area (Å²) in [6.45, 7) is 0. The average Bonchev–Trinajstić information content (AvgIpc) is 3.50. The standard InChI is InChI=1S/C27H22N6O/c1-31-13-19-11-17(5-7-23(19)29-31)21-15-33-10-9-22(16-3-4-16)28-27(33)25(26(21)34)18-6-8-24-20(12-18)14-32(2)30-24/h5-16H,3-4H2,1-2H3. The molecule has 7 heteroatoms. The van der Waals surface area contributed by atoms with Crippen LogP contribution in [0.15, 0.2) is 72.0 Å². The van der Waals surface area contributed by atoms with Crippen LogP contribution < -0.4 is 5.43 Å². The fourth-order valence-corrected chi connectivity index (χ4v) is 4.86. The van der Waals surface area contributed by atoms with Crippen LogP contribution in [0.4, 0.5) is 0 Å². The van der Waals surface area contributed by atoms with Gasteiger partial charge in [0.15, 0.2) is 5.43 Å². The highest BCUT2D eigenvalue weighted by Crippen LogP contribution is 2.39. The van der Waals surface area contributed by atoms with Gasteiger partial charge in [0.25, 0.3) is 0 Å². The Morgan fingerprint density at radius 3 is 2.15 bits per heavy atom. The zero-order chi connectivity index (χ0) is 23.0. The van der Waals surface area contributed by atoms with Gasteiger partial charge < -0.3 is 4.40 Å². The Kier molecular flexibility index (Phi) is 3.89. The minimum absolute atomic E-state index is 0.0214. The van der Waals surface area contributed by atoms with Gasteiger partial charge in [0.2, 0.25) is 0 Å². The highest BCUT2D eigenvalue weighted by atomic mass is 16.1. The van der Waals surface area contributed by atoms with Crippen LogP contribution in [-0.2, 0) is 14.1 Å². The lowest BCUT2D eigenvalue weighted by Gasteiger charge is -2.12. The van der Waals surface area contributed by atoms with Crippen LogP contribution in [0.2, 0.25) is 0 Å². The summed E-state index contributed by atoms with van der Waals surface area (Å²) in [5.41, 5.74) is 6.54. The quantitative estimate of drug-likeness (QED) is 0.396. The van der Waals surface area contributed by atoms with Crippen molar-refractivity contribution in [3.63, 3.8) is 0 Å². The van der Waals surface area contributed by atoms with Gasteiger partial charge in [-0.15, -0.1) is 0 Å². The molecule has 166 valence electrons. The van der Waals surface area contributed by atoms with Crippen molar-refractivity contribution >= 4 is 27.5 Å². The largest absolute Gasteiger partial charge is 0.307 e. The van der Waals surface area contributed by atoms with Gasteiger partial charge in [-0.05, 0) is 54.3 Å². The number of nitrogens with zero attached hydrogens (tertiary/aromatic N) is 6. The van der Waals surface area contributed by atoms with Gasteiger partial charge in [-0.1, -0.05) is 12.1 Å². The monoisotopic (exact) mass is 446 g/mol. The Morgan fingerprint density at radius 1 is 0.824 bits per heavy atom. The van der Waals surface area contributed by atoms with Gasteiger partial charge in [-0.3, -0.25) is 14.2 Å². The number of aromatic nitrogens is 6. The first-order valence-corrected chi connectivity index (χ1v) is 11.5. The summed E-state index contributed by atoms with van der Waals surface area (Å²) in [5, 5.41) is 11.0. The molecule has 0 aliphatic heterocycles. The van der Waals surface area contributed by atoms with Crippen LogP contribution in [0.5, 0.6) is 0 Å². The molecule has 7 nitrogen and oxygen atoms in total. The summed E-state index contributed by atoms with van der Waals surface area (Å²) in [7, 11) is 3.81. The lowest BCUT2D eigenvalue weighted by Crippen LogP contribution is -2.13. The minimum Gasteiger partial charge on any atom is -0.307 e. The van der Waals surface area contributed by atoms with Gasteiger partial charge in [0.05, 0.1) is 16.6 Å². The van der Waals surface area contributed by atoms with E-state index in [1.54, 1.807) is 9.36 Å². The van der Waals surface area contributed by atoms with Crippen molar-refractivity contribution < 1.29 is 0 Å². The molecule has 0 unspecified atom stereocenters. The molecule has 1 aliphatic rings. The molecule has 1 fully saturated rings. The lowest BCUT2D eigenvalue weighted by atomic mass is 9.98. The van der Waals surface area contributed by atoms with Crippen LogP contribution in [0.1, 0.15) is 24.5 Å². The third kappa shape index (κ3) is 2.97. The van der Waals surface area contributed by atoms with Crippen molar-refractivity contribution in [3.05, 3.63) is 83.2 Å². The van der Waals surface area contributed by atoms with Crippen LogP contribution in [0.3, 0.4) is 0 Å². The van der Waals surface area contributed by atoms with E-state index in [-0.39, 0.29) is 5.43 Å². The Bertz CT molecular complexity index is 1820. The molecule has 34 heavy (non-hydrogen) atoms. The number of benzene rings is 2. The molecule has 0 saturated heterocycles. The maximum Gasteiger partial charge on any atom is 0.199 e. The molecule has 0 amide bonds. The molecular weight excluding hydrogens is 424 g/mol. The summed E-state index contributed by atoms with van der Waals surface area (Å²) in [4.78, 5) is 19.0. The molecule has 1 aliphatic carbocycles. The Morgan fingerprint density at radius 2 is 1.47 bits per heavy atom. The second-order valence-electron chi connectivity index (χ2n) is 9.26. The molecule has 7 rings (SSSR count). The normalized spacial score (nSPS) is 13.9. The highest BCUT2D eigenvalue weighted by Gasteiger charge is 2.26. The van der Waals surface area contributed by atoms with E-state index < -0.39 is 0 Å². The molecular formula is C27H22N6O. The third-order valence-corrected chi connectivity index (χ3v) is 6.68. The molecule has 6 aromatic rings. The number of hydrogen-bond acceptors (Lipinski definition) is 4.